The number of unbranched alkanes of at least 4 members (excludes halogenated alkanes) is 1. The Balaban J connectivity index is 2.37. The van der Waals surface area contributed by atoms with Crippen molar-refractivity contribution in [3.63, 3.8) is 0 Å². The molecule has 2 nitrogen and oxygen atoms in total. The number of ether oxygens (including phenoxy) is 2. The molecule has 0 heterocycles. The summed E-state index contributed by atoms with van der Waals surface area (Å²) >= 11 is 0. The van der Waals surface area contributed by atoms with Crippen LogP contribution in [0.5, 0.6) is 0 Å². The van der Waals surface area contributed by atoms with E-state index in [2.05, 4.69) is 43.3 Å². The molecular weight excluding hydrogens is 236 g/mol. The van der Waals surface area contributed by atoms with Gasteiger partial charge in [0.1, 0.15) is 0 Å². The van der Waals surface area contributed by atoms with Crippen LogP contribution in [-0.2, 0) is 15.9 Å². The summed E-state index contributed by atoms with van der Waals surface area (Å²) in [6.45, 7) is 4.78. The molecule has 0 saturated heterocycles. The van der Waals surface area contributed by atoms with Gasteiger partial charge in [-0.15, -0.1) is 0 Å². The fourth-order valence-corrected chi connectivity index (χ4v) is 1.83. The van der Waals surface area contributed by atoms with Gasteiger partial charge in [-0.2, -0.15) is 0 Å². The summed E-state index contributed by atoms with van der Waals surface area (Å²) in [7, 11) is 1.71. The highest BCUT2D eigenvalue weighted by Gasteiger charge is 2.23. The van der Waals surface area contributed by atoms with Crippen molar-refractivity contribution in [3.8, 4) is 0 Å². The fraction of sp³-hybridized carbons (Fsp3) is 0.529. The van der Waals surface area contributed by atoms with E-state index in [1.54, 1.807) is 7.11 Å². The molecule has 1 aromatic rings. The Morgan fingerprint density at radius 3 is 2.53 bits per heavy atom. The van der Waals surface area contributed by atoms with Gasteiger partial charge in [0, 0.05) is 13.5 Å². The Hall–Kier alpha value is -1.12. The third-order valence-corrected chi connectivity index (χ3v) is 3.25. The summed E-state index contributed by atoms with van der Waals surface area (Å²) in [6.07, 6.45) is 8.33. The van der Waals surface area contributed by atoms with E-state index < -0.39 is 5.79 Å². The average molecular weight is 262 g/mol. The molecule has 1 unspecified atom stereocenters. The largest absolute Gasteiger partial charge is 0.353 e. The standard InChI is InChI=1S/C17H26O2/c1-4-5-6-10-15-19-17(2,18-3)14-13-16-11-8-7-9-12-16/h6-12H,4-5,13-15H2,1-3H3/b10-6+. The fourth-order valence-electron chi connectivity index (χ4n) is 1.83. The molecule has 0 bridgehead atoms. The molecule has 19 heavy (non-hydrogen) atoms. The van der Waals surface area contributed by atoms with Gasteiger partial charge >= 0.3 is 0 Å². The van der Waals surface area contributed by atoms with Crippen LogP contribution in [0.15, 0.2) is 42.5 Å². The van der Waals surface area contributed by atoms with Crippen LogP contribution in [0.2, 0.25) is 0 Å². The number of methoxy groups -OCH3 is 1. The van der Waals surface area contributed by atoms with E-state index in [0.717, 1.165) is 19.3 Å². The first-order chi connectivity index (χ1) is 9.20. The Morgan fingerprint density at radius 1 is 1.16 bits per heavy atom. The van der Waals surface area contributed by atoms with Crippen LogP contribution in [0.25, 0.3) is 0 Å². The molecule has 1 rings (SSSR count). The lowest BCUT2D eigenvalue weighted by Gasteiger charge is -2.28. The van der Waals surface area contributed by atoms with Crippen LogP contribution >= 0.6 is 0 Å². The lowest BCUT2D eigenvalue weighted by Crippen LogP contribution is -2.31. The summed E-state index contributed by atoms with van der Waals surface area (Å²) in [5, 5.41) is 0. The quantitative estimate of drug-likeness (QED) is 0.486. The van der Waals surface area contributed by atoms with Gasteiger partial charge in [0.15, 0.2) is 5.79 Å². The van der Waals surface area contributed by atoms with Crippen molar-refractivity contribution >= 4 is 0 Å². The van der Waals surface area contributed by atoms with Crippen molar-refractivity contribution in [2.24, 2.45) is 0 Å². The topological polar surface area (TPSA) is 18.5 Å². The second-order valence-electron chi connectivity index (χ2n) is 4.89. The second kappa shape index (κ2) is 8.89. The highest BCUT2D eigenvalue weighted by molar-refractivity contribution is 5.14. The first-order valence-corrected chi connectivity index (χ1v) is 7.08. The van der Waals surface area contributed by atoms with E-state index >= 15 is 0 Å². The van der Waals surface area contributed by atoms with Crippen molar-refractivity contribution in [1.82, 2.24) is 0 Å². The van der Waals surface area contributed by atoms with Gasteiger partial charge in [-0.25, -0.2) is 0 Å². The molecule has 2 heteroatoms. The van der Waals surface area contributed by atoms with E-state index in [1.807, 2.05) is 13.0 Å². The highest BCUT2D eigenvalue weighted by Crippen LogP contribution is 2.19. The average Bonchev–Trinajstić information content (AvgIpc) is 2.46. The summed E-state index contributed by atoms with van der Waals surface area (Å²) in [6, 6.07) is 10.4. The van der Waals surface area contributed by atoms with E-state index in [0.29, 0.717) is 6.61 Å². The smallest absolute Gasteiger partial charge is 0.165 e. The summed E-state index contributed by atoms with van der Waals surface area (Å²) in [5.41, 5.74) is 1.32. The zero-order valence-electron chi connectivity index (χ0n) is 12.4. The normalized spacial score (nSPS) is 14.7. The molecule has 1 aromatic carbocycles. The molecule has 0 aliphatic heterocycles. The number of hydrogen-bond acceptors (Lipinski definition) is 2. The van der Waals surface area contributed by atoms with E-state index in [-0.39, 0.29) is 0 Å². The molecule has 0 amide bonds. The van der Waals surface area contributed by atoms with Crippen LogP contribution in [0, 0.1) is 0 Å². The third-order valence-electron chi connectivity index (χ3n) is 3.25. The first kappa shape index (κ1) is 15.9. The van der Waals surface area contributed by atoms with Gasteiger partial charge in [0.05, 0.1) is 6.61 Å². The number of rotatable bonds is 9. The monoisotopic (exact) mass is 262 g/mol. The molecule has 0 spiro atoms. The molecule has 106 valence electrons. The molecule has 0 aromatic heterocycles. The van der Waals surface area contributed by atoms with Crippen molar-refractivity contribution in [2.45, 2.75) is 45.3 Å². The Kier molecular flexibility index (Phi) is 7.46. The van der Waals surface area contributed by atoms with Crippen LogP contribution in [0.1, 0.15) is 38.7 Å². The zero-order chi connectivity index (χ0) is 14.0. The second-order valence-corrected chi connectivity index (χ2v) is 4.89. The van der Waals surface area contributed by atoms with Crippen LogP contribution in [0.4, 0.5) is 0 Å². The van der Waals surface area contributed by atoms with Gasteiger partial charge in [-0.05, 0) is 25.3 Å². The molecule has 0 radical (unpaired) electrons. The molecule has 0 saturated carbocycles. The minimum Gasteiger partial charge on any atom is -0.353 e. The predicted octanol–water partition coefficient (Wildman–Crippen LogP) is 4.35. The lowest BCUT2D eigenvalue weighted by molar-refractivity contribution is -0.207. The van der Waals surface area contributed by atoms with E-state index in [1.165, 1.54) is 12.0 Å². The van der Waals surface area contributed by atoms with Crippen LogP contribution in [0.3, 0.4) is 0 Å². The molecular formula is C17H26O2. The highest BCUT2D eigenvalue weighted by atomic mass is 16.7. The van der Waals surface area contributed by atoms with Gasteiger partial charge in [0.25, 0.3) is 0 Å². The van der Waals surface area contributed by atoms with Crippen LogP contribution < -0.4 is 0 Å². The summed E-state index contributed by atoms with van der Waals surface area (Å²) in [4.78, 5) is 0. The molecule has 1 atom stereocenters. The van der Waals surface area contributed by atoms with Gasteiger partial charge in [-0.1, -0.05) is 55.8 Å². The summed E-state index contributed by atoms with van der Waals surface area (Å²) < 4.78 is 11.3. The maximum absolute atomic E-state index is 5.84. The van der Waals surface area contributed by atoms with Crippen molar-refractivity contribution in [1.29, 1.82) is 0 Å². The number of benzene rings is 1. The number of allylic oxidation sites excluding steroid dienone is 1. The third kappa shape index (κ3) is 6.55. The van der Waals surface area contributed by atoms with Gasteiger partial charge in [-0.3, -0.25) is 0 Å². The minimum absolute atomic E-state index is 0.508. The van der Waals surface area contributed by atoms with E-state index in [4.69, 9.17) is 9.47 Å². The zero-order valence-corrected chi connectivity index (χ0v) is 12.4. The Bertz CT molecular complexity index is 359. The lowest BCUT2D eigenvalue weighted by atomic mass is 10.1. The molecule has 0 aliphatic rings. The summed E-state index contributed by atoms with van der Waals surface area (Å²) in [5.74, 6) is -0.508. The maximum Gasteiger partial charge on any atom is 0.165 e. The maximum atomic E-state index is 5.84. The number of hydrogen-bond donors (Lipinski definition) is 0. The SMILES string of the molecule is CCC/C=C/COC(C)(CCc1ccccc1)OC. The van der Waals surface area contributed by atoms with Crippen molar-refractivity contribution in [2.75, 3.05) is 13.7 Å². The van der Waals surface area contributed by atoms with Gasteiger partial charge in [0.2, 0.25) is 0 Å². The van der Waals surface area contributed by atoms with Crippen molar-refractivity contribution < 1.29 is 9.47 Å². The Labute approximate surface area is 117 Å². The first-order valence-electron chi connectivity index (χ1n) is 7.08. The molecule has 0 N–H and O–H groups in total. The number of aryl methyl sites for hydroxylation is 1. The van der Waals surface area contributed by atoms with Gasteiger partial charge < -0.3 is 9.47 Å². The van der Waals surface area contributed by atoms with E-state index in [9.17, 15) is 0 Å². The molecule has 0 aliphatic carbocycles. The van der Waals surface area contributed by atoms with Crippen LogP contribution in [-0.4, -0.2) is 19.5 Å². The minimum atomic E-state index is -0.508. The van der Waals surface area contributed by atoms with Crippen molar-refractivity contribution in [3.05, 3.63) is 48.0 Å². The predicted molar refractivity (Wildman–Crippen MR) is 80.2 cm³/mol. The Morgan fingerprint density at radius 2 is 1.89 bits per heavy atom. The molecule has 0 fully saturated rings.